The molecule has 0 radical (unpaired) electrons. The summed E-state index contributed by atoms with van der Waals surface area (Å²) >= 11 is 0. The lowest BCUT2D eigenvalue weighted by atomic mass is 9.96. The molecular weight excluding hydrogens is 276 g/mol. The number of hydrogen-bond donors (Lipinski definition) is 1. The summed E-state index contributed by atoms with van der Waals surface area (Å²) in [6.45, 7) is 9.64. The molecule has 1 atom stereocenters. The van der Waals surface area contributed by atoms with Gasteiger partial charge in [-0.05, 0) is 49.5 Å². The molecule has 1 N–H and O–H groups in total. The Morgan fingerprint density at radius 3 is 2.73 bits per heavy atom. The van der Waals surface area contributed by atoms with E-state index in [2.05, 4.69) is 24.8 Å². The third kappa shape index (κ3) is 3.87. The monoisotopic (exact) mass is 304 g/mol. The minimum atomic E-state index is -0.432. The molecule has 0 aromatic heterocycles. The first kappa shape index (κ1) is 17.0. The summed E-state index contributed by atoms with van der Waals surface area (Å²) in [5.41, 5.74) is 3.16. The van der Waals surface area contributed by atoms with E-state index in [1.54, 1.807) is 6.92 Å². The van der Waals surface area contributed by atoms with Crippen molar-refractivity contribution < 1.29 is 9.90 Å². The third-order valence-corrected chi connectivity index (χ3v) is 4.60. The number of nitrogens with zero attached hydrogens (tertiary/aromatic N) is 2. The number of benzene rings is 1. The summed E-state index contributed by atoms with van der Waals surface area (Å²) in [4.78, 5) is 15.9. The predicted molar refractivity (Wildman–Crippen MR) is 90.2 cm³/mol. The van der Waals surface area contributed by atoms with Gasteiger partial charge in [-0.3, -0.25) is 4.79 Å². The van der Waals surface area contributed by atoms with E-state index < -0.39 is 6.10 Å². The summed E-state index contributed by atoms with van der Waals surface area (Å²) in [6, 6.07) is 6.04. The molecular formula is C18H28N2O2. The van der Waals surface area contributed by atoms with Crippen molar-refractivity contribution in [3.63, 3.8) is 0 Å². The highest BCUT2D eigenvalue weighted by molar-refractivity contribution is 5.92. The van der Waals surface area contributed by atoms with Crippen LogP contribution in [0.3, 0.4) is 0 Å². The molecule has 0 saturated carbocycles. The van der Waals surface area contributed by atoms with Crippen LogP contribution in [0.4, 0.5) is 5.69 Å². The van der Waals surface area contributed by atoms with E-state index in [0.29, 0.717) is 0 Å². The summed E-state index contributed by atoms with van der Waals surface area (Å²) in [6.07, 6.45) is 2.29. The number of aryl methyl sites for hydroxylation is 1. The number of hydrogen-bond acceptors (Lipinski definition) is 3. The van der Waals surface area contributed by atoms with Crippen LogP contribution in [-0.4, -0.2) is 42.1 Å². The average molecular weight is 304 g/mol. The van der Waals surface area contributed by atoms with Crippen molar-refractivity contribution in [3.05, 3.63) is 29.3 Å². The SMILES string of the molecule is CCN(CC)CCC(O)c1ccc2c(c1)CCCN2C(C)=O. The molecule has 1 aromatic rings. The number of carbonyl (C=O) groups excluding carboxylic acids is 1. The lowest BCUT2D eigenvalue weighted by Crippen LogP contribution is -2.33. The van der Waals surface area contributed by atoms with Crippen molar-refractivity contribution in [1.29, 1.82) is 0 Å². The largest absolute Gasteiger partial charge is 0.388 e. The molecule has 0 aliphatic carbocycles. The second-order valence-corrected chi connectivity index (χ2v) is 5.99. The van der Waals surface area contributed by atoms with Gasteiger partial charge in [0.15, 0.2) is 0 Å². The van der Waals surface area contributed by atoms with E-state index >= 15 is 0 Å². The Bertz CT molecular complexity index is 512. The number of amides is 1. The first-order valence-electron chi connectivity index (χ1n) is 8.38. The Kier molecular flexibility index (Phi) is 5.98. The van der Waals surface area contributed by atoms with Crippen molar-refractivity contribution in [2.75, 3.05) is 31.1 Å². The summed E-state index contributed by atoms with van der Waals surface area (Å²) in [5.74, 6) is 0.0933. The Hall–Kier alpha value is -1.39. The summed E-state index contributed by atoms with van der Waals surface area (Å²) in [7, 11) is 0. The molecule has 1 aliphatic rings. The van der Waals surface area contributed by atoms with Crippen molar-refractivity contribution in [2.24, 2.45) is 0 Å². The Morgan fingerprint density at radius 2 is 2.09 bits per heavy atom. The van der Waals surface area contributed by atoms with Crippen molar-refractivity contribution in [1.82, 2.24) is 4.90 Å². The van der Waals surface area contributed by atoms with Gasteiger partial charge in [-0.15, -0.1) is 0 Å². The predicted octanol–water partition coefficient (Wildman–Crippen LogP) is 2.75. The number of fused-ring (bicyclic) bond motifs is 1. The molecule has 0 saturated heterocycles. The topological polar surface area (TPSA) is 43.8 Å². The molecule has 22 heavy (non-hydrogen) atoms. The van der Waals surface area contributed by atoms with Crippen LogP contribution in [0, 0.1) is 0 Å². The Balaban J connectivity index is 2.08. The number of carbonyl (C=O) groups is 1. The Labute approximate surface area is 133 Å². The molecule has 4 heteroatoms. The van der Waals surface area contributed by atoms with E-state index in [4.69, 9.17) is 0 Å². The highest BCUT2D eigenvalue weighted by Crippen LogP contribution is 2.30. The lowest BCUT2D eigenvalue weighted by molar-refractivity contribution is -0.116. The first-order chi connectivity index (χ1) is 10.6. The van der Waals surface area contributed by atoms with Crippen LogP contribution in [-0.2, 0) is 11.2 Å². The van der Waals surface area contributed by atoms with Gasteiger partial charge in [0.1, 0.15) is 0 Å². The molecule has 0 fully saturated rings. The van der Waals surface area contributed by atoms with E-state index in [-0.39, 0.29) is 5.91 Å². The highest BCUT2D eigenvalue weighted by Gasteiger charge is 2.21. The summed E-state index contributed by atoms with van der Waals surface area (Å²) < 4.78 is 0. The molecule has 122 valence electrons. The van der Waals surface area contributed by atoms with Crippen LogP contribution in [0.5, 0.6) is 0 Å². The van der Waals surface area contributed by atoms with Crippen molar-refractivity contribution in [3.8, 4) is 0 Å². The van der Waals surface area contributed by atoms with Gasteiger partial charge in [0.25, 0.3) is 0 Å². The fourth-order valence-electron chi connectivity index (χ4n) is 3.16. The summed E-state index contributed by atoms with van der Waals surface area (Å²) in [5, 5.41) is 10.4. The average Bonchev–Trinajstić information content (AvgIpc) is 2.54. The Morgan fingerprint density at radius 1 is 1.36 bits per heavy atom. The second-order valence-electron chi connectivity index (χ2n) is 5.99. The van der Waals surface area contributed by atoms with Gasteiger partial charge in [0.05, 0.1) is 6.10 Å². The zero-order chi connectivity index (χ0) is 16.1. The maximum absolute atomic E-state index is 11.7. The number of rotatable bonds is 6. The highest BCUT2D eigenvalue weighted by atomic mass is 16.3. The smallest absolute Gasteiger partial charge is 0.223 e. The normalized spacial score (nSPS) is 15.8. The maximum atomic E-state index is 11.7. The molecule has 1 aliphatic heterocycles. The molecule has 2 rings (SSSR count). The quantitative estimate of drug-likeness (QED) is 0.879. The molecule has 1 aromatic carbocycles. The van der Waals surface area contributed by atoms with Crippen LogP contribution in [0.1, 0.15) is 50.8 Å². The molecule has 1 heterocycles. The molecule has 0 spiro atoms. The lowest BCUT2D eigenvalue weighted by Gasteiger charge is -2.29. The van der Waals surface area contributed by atoms with Gasteiger partial charge in [-0.1, -0.05) is 26.0 Å². The zero-order valence-corrected chi connectivity index (χ0v) is 14.0. The minimum Gasteiger partial charge on any atom is -0.388 e. The fourth-order valence-corrected chi connectivity index (χ4v) is 3.16. The van der Waals surface area contributed by atoms with Crippen LogP contribution >= 0.6 is 0 Å². The molecule has 4 nitrogen and oxygen atoms in total. The van der Waals surface area contributed by atoms with Crippen molar-refractivity contribution >= 4 is 11.6 Å². The van der Waals surface area contributed by atoms with E-state index in [9.17, 15) is 9.90 Å². The molecule has 1 amide bonds. The number of anilines is 1. The number of aliphatic hydroxyl groups is 1. The fraction of sp³-hybridized carbons (Fsp3) is 0.611. The first-order valence-corrected chi connectivity index (χ1v) is 8.38. The maximum Gasteiger partial charge on any atom is 0.223 e. The van der Waals surface area contributed by atoms with E-state index in [0.717, 1.165) is 56.7 Å². The van der Waals surface area contributed by atoms with Gasteiger partial charge in [-0.25, -0.2) is 0 Å². The zero-order valence-electron chi connectivity index (χ0n) is 14.0. The molecule has 1 unspecified atom stereocenters. The van der Waals surface area contributed by atoms with Gasteiger partial charge in [0, 0.05) is 25.7 Å². The van der Waals surface area contributed by atoms with E-state index in [1.807, 2.05) is 17.0 Å². The standard InChI is InChI=1S/C18H28N2O2/c1-4-19(5-2)12-10-18(22)16-8-9-17-15(13-16)7-6-11-20(17)14(3)21/h8-9,13,18,22H,4-7,10-12H2,1-3H3. The van der Waals surface area contributed by atoms with Crippen LogP contribution < -0.4 is 4.90 Å². The minimum absolute atomic E-state index is 0.0933. The van der Waals surface area contributed by atoms with Gasteiger partial charge in [0.2, 0.25) is 5.91 Å². The van der Waals surface area contributed by atoms with Crippen LogP contribution in [0.25, 0.3) is 0 Å². The third-order valence-electron chi connectivity index (χ3n) is 4.60. The van der Waals surface area contributed by atoms with Gasteiger partial charge in [-0.2, -0.15) is 0 Å². The van der Waals surface area contributed by atoms with E-state index in [1.165, 1.54) is 5.56 Å². The molecule has 0 bridgehead atoms. The van der Waals surface area contributed by atoms with Gasteiger partial charge >= 0.3 is 0 Å². The van der Waals surface area contributed by atoms with Crippen LogP contribution in [0.2, 0.25) is 0 Å². The van der Waals surface area contributed by atoms with Crippen molar-refractivity contribution in [2.45, 2.75) is 46.1 Å². The van der Waals surface area contributed by atoms with Gasteiger partial charge < -0.3 is 14.9 Å². The van der Waals surface area contributed by atoms with Crippen LogP contribution in [0.15, 0.2) is 18.2 Å². The second kappa shape index (κ2) is 7.75. The number of aliphatic hydroxyl groups excluding tert-OH is 1.